The molecular weight excluding hydrogens is 250 g/mol. The third-order valence-corrected chi connectivity index (χ3v) is 3.21. The van der Waals surface area contributed by atoms with Gasteiger partial charge in [0.05, 0.1) is 6.61 Å². The Labute approximate surface area is 123 Å². The molecule has 1 heterocycles. The van der Waals surface area contributed by atoms with Crippen molar-refractivity contribution in [2.75, 3.05) is 6.61 Å². The Morgan fingerprint density at radius 2 is 1.40 bits per heavy atom. The molecule has 1 amide bonds. The van der Waals surface area contributed by atoms with Crippen LogP contribution in [0.3, 0.4) is 0 Å². The molecule has 1 aliphatic rings. The van der Waals surface area contributed by atoms with Crippen LogP contribution < -0.4 is 0 Å². The van der Waals surface area contributed by atoms with Gasteiger partial charge in [0.15, 0.2) is 0 Å². The van der Waals surface area contributed by atoms with E-state index in [1.807, 2.05) is 19.3 Å². The van der Waals surface area contributed by atoms with E-state index in [2.05, 4.69) is 53.7 Å². The van der Waals surface area contributed by atoms with E-state index >= 15 is 0 Å². The molecule has 0 bridgehead atoms. The van der Waals surface area contributed by atoms with Gasteiger partial charge < -0.3 is 4.74 Å². The third-order valence-electron chi connectivity index (χ3n) is 3.21. The summed E-state index contributed by atoms with van der Waals surface area (Å²) >= 11 is 0. The van der Waals surface area contributed by atoms with Crippen LogP contribution >= 0.6 is 0 Å². The molecule has 20 heavy (non-hydrogen) atoms. The van der Waals surface area contributed by atoms with Crippen LogP contribution in [0.2, 0.25) is 0 Å². The molecule has 0 spiro atoms. The highest BCUT2D eigenvalue weighted by molar-refractivity contribution is 5.71. The first-order valence-corrected chi connectivity index (χ1v) is 7.13. The van der Waals surface area contributed by atoms with Crippen molar-refractivity contribution in [2.45, 2.75) is 48.5 Å². The van der Waals surface area contributed by atoms with Crippen molar-refractivity contribution in [1.82, 2.24) is 4.90 Å². The fourth-order valence-electron chi connectivity index (χ4n) is 1.79. The van der Waals surface area contributed by atoms with E-state index < -0.39 is 0 Å². The highest BCUT2D eigenvalue weighted by Gasteiger charge is 2.24. The van der Waals surface area contributed by atoms with Crippen LogP contribution in [0.25, 0.3) is 0 Å². The molecule has 0 saturated heterocycles. The number of carbonyl (C=O) groups excluding carboxylic acids is 1. The summed E-state index contributed by atoms with van der Waals surface area (Å²) < 4.78 is 5.13. The molecule has 0 N–H and O–H groups in total. The van der Waals surface area contributed by atoms with Gasteiger partial charge in [-0.15, -0.1) is 0 Å². The normalized spacial score (nSPS) is 16.4. The number of ether oxygens (including phenoxy) is 1. The molecule has 0 fully saturated rings. The standard InChI is InChI=1S/C17H27NO2/c1-8-20-15(19)18-11-13(16(2,3)4)9-10-14(12-18)17(5,6)7/h9-12H,8H2,1-7H3. The third kappa shape index (κ3) is 4.26. The van der Waals surface area contributed by atoms with Crippen LogP contribution in [-0.4, -0.2) is 17.6 Å². The maximum Gasteiger partial charge on any atom is 0.417 e. The molecule has 0 atom stereocenters. The fraction of sp³-hybridized carbons (Fsp3) is 0.588. The van der Waals surface area contributed by atoms with Gasteiger partial charge in [0, 0.05) is 12.4 Å². The van der Waals surface area contributed by atoms with Crippen molar-refractivity contribution in [1.29, 1.82) is 0 Å². The first-order chi connectivity index (χ1) is 9.05. The van der Waals surface area contributed by atoms with E-state index in [0.29, 0.717) is 6.61 Å². The largest absolute Gasteiger partial charge is 0.449 e. The second-order valence-electron chi connectivity index (χ2n) is 7.11. The van der Waals surface area contributed by atoms with Crippen molar-refractivity contribution in [3.05, 3.63) is 35.7 Å². The molecule has 0 unspecified atom stereocenters. The average molecular weight is 277 g/mol. The van der Waals surface area contributed by atoms with Gasteiger partial charge in [0.25, 0.3) is 0 Å². The van der Waals surface area contributed by atoms with E-state index in [0.717, 1.165) is 11.1 Å². The predicted molar refractivity (Wildman–Crippen MR) is 83.1 cm³/mol. The number of nitrogens with zero attached hydrogens (tertiary/aromatic N) is 1. The predicted octanol–water partition coefficient (Wildman–Crippen LogP) is 4.87. The number of hydrogen-bond acceptors (Lipinski definition) is 2. The number of allylic oxidation sites excluding steroid dienone is 4. The van der Waals surface area contributed by atoms with Crippen LogP contribution in [0.4, 0.5) is 4.79 Å². The summed E-state index contributed by atoms with van der Waals surface area (Å²) in [5, 5.41) is 0. The van der Waals surface area contributed by atoms with Gasteiger partial charge in [-0.1, -0.05) is 53.7 Å². The highest BCUT2D eigenvalue weighted by atomic mass is 16.5. The van der Waals surface area contributed by atoms with Gasteiger partial charge in [-0.25, -0.2) is 4.79 Å². The number of amides is 1. The quantitative estimate of drug-likeness (QED) is 0.684. The lowest BCUT2D eigenvalue weighted by molar-refractivity contribution is 0.132. The minimum absolute atomic E-state index is 0.0254. The monoisotopic (exact) mass is 277 g/mol. The summed E-state index contributed by atoms with van der Waals surface area (Å²) in [7, 11) is 0. The second kappa shape index (κ2) is 5.86. The van der Waals surface area contributed by atoms with Crippen molar-refractivity contribution in [2.24, 2.45) is 10.8 Å². The maximum absolute atomic E-state index is 12.1. The molecule has 1 aliphatic heterocycles. The minimum Gasteiger partial charge on any atom is -0.449 e. The van der Waals surface area contributed by atoms with Gasteiger partial charge >= 0.3 is 6.09 Å². The Morgan fingerprint density at radius 1 is 1.00 bits per heavy atom. The van der Waals surface area contributed by atoms with Gasteiger partial charge in [-0.3, -0.25) is 4.90 Å². The van der Waals surface area contributed by atoms with E-state index in [4.69, 9.17) is 4.74 Å². The lowest BCUT2D eigenvalue weighted by atomic mass is 9.84. The van der Waals surface area contributed by atoms with Gasteiger partial charge in [0.1, 0.15) is 0 Å². The van der Waals surface area contributed by atoms with Crippen molar-refractivity contribution >= 4 is 6.09 Å². The molecule has 0 aliphatic carbocycles. The number of hydrogen-bond donors (Lipinski definition) is 0. The van der Waals surface area contributed by atoms with Crippen LogP contribution in [0.1, 0.15) is 48.5 Å². The van der Waals surface area contributed by atoms with Crippen LogP contribution in [0, 0.1) is 10.8 Å². The summed E-state index contributed by atoms with van der Waals surface area (Å²) in [4.78, 5) is 13.6. The highest BCUT2D eigenvalue weighted by Crippen LogP contribution is 2.33. The van der Waals surface area contributed by atoms with E-state index in [9.17, 15) is 4.79 Å². The Morgan fingerprint density at radius 3 is 1.70 bits per heavy atom. The van der Waals surface area contributed by atoms with Gasteiger partial charge in [-0.2, -0.15) is 0 Å². The van der Waals surface area contributed by atoms with Crippen molar-refractivity contribution < 1.29 is 9.53 Å². The Kier molecular flexibility index (Phi) is 4.85. The topological polar surface area (TPSA) is 29.5 Å². The van der Waals surface area contributed by atoms with Crippen LogP contribution in [0.15, 0.2) is 35.7 Å². The second-order valence-corrected chi connectivity index (χ2v) is 7.11. The van der Waals surface area contributed by atoms with Gasteiger partial charge in [-0.05, 0) is 28.9 Å². The summed E-state index contributed by atoms with van der Waals surface area (Å²) in [5.41, 5.74) is 2.15. The average Bonchev–Trinajstić information content (AvgIpc) is 2.50. The zero-order valence-corrected chi connectivity index (χ0v) is 13.8. The van der Waals surface area contributed by atoms with E-state index in [-0.39, 0.29) is 16.9 Å². The molecule has 1 rings (SSSR count). The van der Waals surface area contributed by atoms with Crippen LogP contribution in [0.5, 0.6) is 0 Å². The van der Waals surface area contributed by atoms with Gasteiger partial charge in [0.2, 0.25) is 0 Å². The molecule has 112 valence electrons. The zero-order chi connectivity index (χ0) is 15.6. The summed E-state index contributed by atoms with van der Waals surface area (Å²) in [6.45, 7) is 15.0. The maximum atomic E-state index is 12.1. The zero-order valence-electron chi connectivity index (χ0n) is 13.8. The Bertz CT molecular complexity index is 422. The number of rotatable bonds is 1. The first-order valence-electron chi connectivity index (χ1n) is 7.13. The molecule has 0 aromatic carbocycles. The fourth-order valence-corrected chi connectivity index (χ4v) is 1.79. The minimum atomic E-state index is -0.334. The number of carbonyl (C=O) groups is 1. The molecule has 0 saturated carbocycles. The molecule has 0 aromatic heterocycles. The molecule has 0 aromatic rings. The van der Waals surface area contributed by atoms with Crippen LogP contribution in [-0.2, 0) is 4.74 Å². The van der Waals surface area contributed by atoms with E-state index in [1.165, 1.54) is 0 Å². The smallest absolute Gasteiger partial charge is 0.417 e. The lowest BCUT2D eigenvalue weighted by Crippen LogP contribution is -2.24. The summed E-state index contributed by atoms with van der Waals surface area (Å²) in [5.74, 6) is 0. The lowest BCUT2D eigenvalue weighted by Gasteiger charge is -2.23. The summed E-state index contributed by atoms with van der Waals surface area (Å²) in [6, 6.07) is 0. The van der Waals surface area contributed by atoms with Crippen molar-refractivity contribution in [3.8, 4) is 0 Å². The molecular formula is C17H27NO2. The van der Waals surface area contributed by atoms with Crippen molar-refractivity contribution in [3.63, 3.8) is 0 Å². The molecule has 0 radical (unpaired) electrons. The Hall–Kier alpha value is -1.51. The molecule has 3 heteroatoms. The Balaban J connectivity index is 3.23. The summed E-state index contributed by atoms with van der Waals surface area (Å²) in [6.07, 6.45) is 7.59. The molecule has 3 nitrogen and oxygen atoms in total. The first kappa shape index (κ1) is 16.5. The van der Waals surface area contributed by atoms with E-state index in [1.54, 1.807) is 4.90 Å². The SMILES string of the molecule is CCOC(=O)N1C=C(C(C)(C)C)C=CC(C(C)(C)C)=C1.